The lowest BCUT2D eigenvalue weighted by molar-refractivity contribution is 0.152. The van der Waals surface area contributed by atoms with E-state index < -0.39 is 0 Å². The molecule has 3 heteroatoms. The minimum Gasteiger partial charge on any atom is -0.388 e. The molecule has 0 amide bonds. The molecule has 0 bridgehead atoms. The summed E-state index contributed by atoms with van der Waals surface area (Å²) in [6.45, 7) is 0. The number of aliphatic hydroxyl groups is 1. The SMILES string of the molecule is OC1CC(C2CC2)Nc2ccc(Br)cc21. The molecule has 2 nitrogen and oxygen atoms in total. The highest BCUT2D eigenvalue weighted by Gasteiger charge is 2.36. The van der Waals surface area contributed by atoms with Crippen molar-refractivity contribution in [3.05, 3.63) is 28.2 Å². The Morgan fingerprint density at radius 2 is 2.13 bits per heavy atom. The molecule has 80 valence electrons. The number of benzene rings is 1. The predicted molar refractivity (Wildman–Crippen MR) is 63.9 cm³/mol. The van der Waals surface area contributed by atoms with E-state index in [1.807, 2.05) is 12.1 Å². The average Bonchev–Trinajstić information content (AvgIpc) is 3.02. The van der Waals surface area contributed by atoms with E-state index in [0.717, 1.165) is 28.1 Å². The van der Waals surface area contributed by atoms with Gasteiger partial charge in [0.1, 0.15) is 0 Å². The highest BCUT2D eigenvalue weighted by Crippen LogP contribution is 2.43. The molecular formula is C12H14BrNO. The van der Waals surface area contributed by atoms with Gasteiger partial charge in [-0.05, 0) is 43.4 Å². The van der Waals surface area contributed by atoms with Gasteiger partial charge in [-0.2, -0.15) is 0 Å². The fourth-order valence-electron chi connectivity index (χ4n) is 2.38. The zero-order valence-corrected chi connectivity index (χ0v) is 10.00. The number of fused-ring (bicyclic) bond motifs is 1. The normalized spacial score (nSPS) is 29.5. The number of halogens is 1. The van der Waals surface area contributed by atoms with Gasteiger partial charge in [-0.15, -0.1) is 0 Å². The number of rotatable bonds is 1. The molecule has 0 aromatic heterocycles. The second-order valence-electron chi connectivity index (χ2n) is 4.57. The van der Waals surface area contributed by atoms with Gasteiger partial charge in [-0.3, -0.25) is 0 Å². The summed E-state index contributed by atoms with van der Waals surface area (Å²) in [4.78, 5) is 0. The van der Waals surface area contributed by atoms with Gasteiger partial charge in [0.25, 0.3) is 0 Å². The zero-order chi connectivity index (χ0) is 10.4. The summed E-state index contributed by atoms with van der Waals surface area (Å²) < 4.78 is 1.03. The monoisotopic (exact) mass is 267 g/mol. The molecule has 2 N–H and O–H groups in total. The van der Waals surface area contributed by atoms with Gasteiger partial charge < -0.3 is 10.4 Å². The third-order valence-corrected chi connectivity index (χ3v) is 3.87. The Labute approximate surface area is 97.8 Å². The molecule has 1 saturated carbocycles. The third kappa shape index (κ3) is 1.79. The van der Waals surface area contributed by atoms with Crippen LogP contribution in [0.4, 0.5) is 5.69 Å². The largest absolute Gasteiger partial charge is 0.388 e. The van der Waals surface area contributed by atoms with E-state index in [0.29, 0.717) is 6.04 Å². The first-order valence-corrected chi connectivity index (χ1v) is 6.27. The summed E-state index contributed by atoms with van der Waals surface area (Å²) in [5.74, 6) is 0.788. The first kappa shape index (κ1) is 9.67. The molecule has 0 spiro atoms. The summed E-state index contributed by atoms with van der Waals surface area (Å²) in [5.41, 5.74) is 2.13. The molecular weight excluding hydrogens is 254 g/mol. The number of aliphatic hydroxyl groups excluding tert-OH is 1. The fraction of sp³-hybridized carbons (Fsp3) is 0.500. The van der Waals surface area contributed by atoms with Crippen molar-refractivity contribution in [2.45, 2.75) is 31.4 Å². The molecule has 0 saturated heterocycles. The third-order valence-electron chi connectivity index (χ3n) is 3.38. The van der Waals surface area contributed by atoms with Gasteiger partial charge in [-0.1, -0.05) is 15.9 Å². The van der Waals surface area contributed by atoms with Crippen LogP contribution in [0.5, 0.6) is 0 Å². The Morgan fingerprint density at radius 1 is 1.33 bits per heavy atom. The molecule has 0 radical (unpaired) electrons. The molecule has 2 aliphatic rings. The van der Waals surface area contributed by atoms with Crippen molar-refractivity contribution in [1.82, 2.24) is 0 Å². The quantitative estimate of drug-likeness (QED) is 0.820. The van der Waals surface area contributed by atoms with E-state index in [1.54, 1.807) is 0 Å². The summed E-state index contributed by atoms with van der Waals surface area (Å²) in [5, 5.41) is 13.6. The minimum absolute atomic E-state index is 0.302. The smallest absolute Gasteiger partial charge is 0.0830 e. The Kier molecular flexibility index (Phi) is 2.25. The van der Waals surface area contributed by atoms with E-state index in [1.165, 1.54) is 12.8 Å². The van der Waals surface area contributed by atoms with Crippen molar-refractivity contribution in [1.29, 1.82) is 0 Å². The summed E-state index contributed by atoms with van der Waals surface area (Å²) in [7, 11) is 0. The Morgan fingerprint density at radius 3 is 2.87 bits per heavy atom. The number of anilines is 1. The van der Waals surface area contributed by atoms with Crippen molar-refractivity contribution in [3.8, 4) is 0 Å². The zero-order valence-electron chi connectivity index (χ0n) is 8.41. The van der Waals surface area contributed by atoms with E-state index in [-0.39, 0.29) is 6.10 Å². The lowest BCUT2D eigenvalue weighted by Gasteiger charge is -2.30. The van der Waals surface area contributed by atoms with Crippen LogP contribution in [0.1, 0.15) is 30.9 Å². The molecule has 3 rings (SSSR count). The van der Waals surface area contributed by atoms with E-state index in [9.17, 15) is 5.11 Å². The summed E-state index contributed by atoms with van der Waals surface area (Å²) >= 11 is 3.44. The van der Waals surface area contributed by atoms with Crippen LogP contribution < -0.4 is 5.32 Å². The Bertz CT molecular complexity index is 389. The van der Waals surface area contributed by atoms with Gasteiger partial charge in [0, 0.05) is 21.8 Å². The van der Waals surface area contributed by atoms with Crippen LogP contribution in [0.25, 0.3) is 0 Å². The highest BCUT2D eigenvalue weighted by molar-refractivity contribution is 9.10. The van der Waals surface area contributed by atoms with Crippen molar-refractivity contribution >= 4 is 21.6 Å². The van der Waals surface area contributed by atoms with E-state index >= 15 is 0 Å². The van der Waals surface area contributed by atoms with Crippen LogP contribution in [0.2, 0.25) is 0 Å². The van der Waals surface area contributed by atoms with Crippen molar-refractivity contribution in [3.63, 3.8) is 0 Å². The summed E-state index contributed by atoms with van der Waals surface area (Å²) in [6, 6.07) is 6.56. The molecule has 1 aromatic rings. The topological polar surface area (TPSA) is 32.3 Å². The van der Waals surface area contributed by atoms with Crippen LogP contribution in [0.3, 0.4) is 0 Å². The fourth-order valence-corrected chi connectivity index (χ4v) is 2.75. The van der Waals surface area contributed by atoms with Gasteiger partial charge >= 0.3 is 0 Å². The number of nitrogens with one attached hydrogen (secondary N) is 1. The molecule has 1 fully saturated rings. The van der Waals surface area contributed by atoms with Crippen molar-refractivity contribution in [2.24, 2.45) is 5.92 Å². The molecule has 1 aromatic carbocycles. The second-order valence-corrected chi connectivity index (χ2v) is 5.49. The maximum atomic E-state index is 10.1. The minimum atomic E-state index is -0.302. The van der Waals surface area contributed by atoms with Crippen molar-refractivity contribution in [2.75, 3.05) is 5.32 Å². The van der Waals surface area contributed by atoms with E-state index in [2.05, 4.69) is 27.3 Å². The summed E-state index contributed by atoms with van der Waals surface area (Å²) in [6.07, 6.45) is 3.19. The van der Waals surface area contributed by atoms with Gasteiger partial charge in [0.2, 0.25) is 0 Å². The molecule has 1 aliphatic heterocycles. The van der Waals surface area contributed by atoms with Crippen LogP contribution in [0.15, 0.2) is 22.7 Å². The molecule has 1 heterocycles. The molecule has 2 atom stereocenters. The number of hydrogen-bond acceptors (Lipinski definition) is 2. The van der Waals surface area contributed by atoms with Crippen LogP contribution in [-0.2, 0) is 0 Å². The Hall–Kier alpha value is -0.540. The first-order chi connectivity index (χ1) is 7.24. The van der Waals surface area contributed by atoms with Crippen LogP contribution in [-0.4, -0.2) is 11.1 Å². The lowest BCUT2D eigenvalue weighted by atomic mass is 9.93. The number of hydrogen-bond donors (Lipinski definition) is 2. The van der Waals surface area contributed by atoms with Gasteiger partial charge in [-0.25, -0.2) is 0 Å². The standard InChI is InChI=1S/C12H14BrNO/c13-8-3-4-10-9(5-8)12(15)6-11(14-10)7-1-2-7/h3-5,7,11-12,14-15H,1-2,6H2. The van der Waals surface area contributed by atoms with Gasteiger partial charge in [0.05, 0.1) is 6.10 Å². The predicted octanol–water partition coefficient (Wildman–Crippen LogP) is 3.08. The highest BCUT2D eigenvalue weighted by atomic mass is 79.9. The maximum Gasteiger partial charge on any atom is 0.0830 e. The molecule has 1 aliphatic carbocycles. The first-order valence-electron chi connectivity index (χ1n) is 5.48. The second kappa shape index (κ2) is 3.49. The average molecular weight is 268 g/mol. The van der Waals surface area contributed by atoms with Crippen molar-refractivity contribution < 1.29 is 5.11 Å². The molecule has 15 heavy (non-hydrogen) atoms. The maximum absolute atomic E-state index is 10.1. The lowest BCUT2D eigenvalue weighted by Crippen LogP contribution is -2.29. The van der Waals surface area contributed by atoms with Crippen LogP contribution in [0, 0.1) is 5.92 Å². The molecule has 2 unspecified atom stereocenters. The van der Waals surface area contributed by atoms with Crippen LogP contribution >= 0.6 is 15.9 Å². The van der Waals surface area contributed by atoms with Gasteiger partial charge in [0.15, 0.2) is 0 Å². The Balaban J connectivity index is 1.93. The van der Waals surface area contributed by atoms with E-state index in [4.69, 9.17) is 0 Å².